The maximum atomic E-state index is 8.86. The van der Waals surface area contributed by atoms with Crippen molar-refractivity contribution in [1.82, 2.24) is 4.90 Å². The lowest BCUT2D eigenvalue weighted by Crippen LogP contribution is -2.24. The van der Waals surface area contributed by atoms with Crippen LogP contribution in [0.4, 0.5) is 0 Å². The predicted octanol–water partition coefficient (Wildman–Crippen LogP) is 3.18. The van der Waals surface area contributed by atoms with E-state index in [4.69, 9.17) is 5.26 Å². The maximum Gasteiger partial charge on any atom is 0.0991 e. The van der Waals surface area contributed by atoms with Gasteiger partial charge in [-0.15, -0.1) is 0 Å². The Bertz CT molecular complexity index is 400. The molecule has 0 amide bonds. The van der Waals surface area contributed by atoms with Crippen LogP contribution in [0.2, 0.25) is 0 Å². The van der Waals surface area contributed by atoms with Crippen molar-refractivity contribution in [1.29, 1.82) is 5.26 Å². The number of rotatable bonds is 4. The molecular formula is C15H20N2. The first kappa shape index (κ1) is 12.1. The summed E-state index contributed by atoms with van der Waals surface area (Å²) in [5.41, 5.74) is 2.00. The topological polar surface area (TPSA) is 27.0 Å². The van der Waals surface area contributed by atoms with Crippen molar-refractivity contribution in [2.24, 2.45) is 5.92 Å². The highest BCUT2D eigenvalue weighted by Gasteiger charge is 2.16. The Morgan fingerprint density at radius 2 is 2.12 bits per heavy atom. The van der Waals surface area contributed by atoms with Crippen molar-refractivity contribution in [3.8, 4) is 6.07 Å². The van der Waals surface area contributed by atoms with Gasteiger partial charge >= 0.3 is 0 Å². The van der Waals surface area contributed by atoms with Crippen LogP contribution in [-0.2, 0) is 6.54 Å². The van der Waals surface area contributed by atoms with Gasteiger partial charge in [0.05, 0.1) is 11.6 Å². The van der Waals surface area contributed by atoms with Crippen molar-refractivity contribution >= 4 is 0 Å². The van der Waals surface area contributed by atoms with Crippen LogP contribution in [0.25, 0.3) is 0 Å². The van der Waals surface area contributed by atoms with Gasteiger partial charge in [0.1, 0.15) is 0 Å². The lowest BCUT2D eigenvalue weighted by Gasteiger charge is -2.20. The molecule has 0 radical (unpaired) electrons. The molecule has 0 aromatic heterocycles. The van der Waals surface area contributed by atoms with E-state index in [-0.39, 0.29) is 0 Å². The van der Waals surface area contributed by atoms with E-state index in [1.807, 2.05) is 18.2 Å². The molecule has 1 aromatic carbocycles. The van der Waals surface area contributed by atoms with E-state index >= 15 is 0 Å². The van der Waals surface area contributed by atoms with E-state index in [2.05, 4.69) is 24.1 Å². The van der Waals surface area contributed by atoms with Crippen LogP contribution in [0.3, 0.4) is 0 Å². The predicted molar refractivity (Wildman–Crippen MR) is 69.4 cm³/mol. The van der Waals surface area contributed by atoms with Crippen LogP contribution in [0.5, 0.6) is 0 Å². The quantitative estimate of drug-likeness (QED) is 0.791. The molecule has 17 heavy (non-hydrogen) atoms. The standard InChI is InChI=1S/C15H20N2/c1-17(11-13-5-2-3-6-13)12-15-8-4-7-14(9-15)10-16/h4,7-9,13H,2-3,5-6,11-12H2,1H3. The number of nitriles is 1. The van der Waals surface area contributed by atoms with E-state index in [0.29, 0.717) is 0 Å². The molecule has 0 atom stereocenters. The fraction of sp³-hybridized carbons (Fsp3) is 0.533. The first-order chi connectivity index (χ1) is 8.28. The van der Waals surface area contributed by atoms with Crippen LogP contribution in [-0.4, -0.2) is 18.5 Å². The Balaban J connectivity index is 1.88. The van der Waals surface area contributed by atoms with Crippen LogP contribution in [0.1, 0.15) is 36.8 Å². The molecule has 1 aliphatic carbocycles. The number of benzene rings is 1. The molecule has 2 nitrogen and oxygen atoms in total. The fourth-order valence-electron chi connectivity index (χ4n) is 2.75. The lowest BCUT2D eigenvalue weighted by molar-refractivity contribution is 0.271. The summed E-state index contributed by atoms with van der Waals surface area (Å²) in [5.74, 6) is 0.888. The highest BCUT2D eigenvalue weighted by atomic mass is 15.1. The van der Waals surface area contributed by atoms with E-state index in [0.717, 1.165) is 18.0 Å². The van der Waals surface area contributed by atoms with E-state index in [9.17, 15) is 0 Å². The number of hydrogen-bond donors (Lipinski definition) is 0. The third-order valence-corrected chi connectivity index (χ3v) is 3.55. The molecule has 0 spiro atoms. The van der Waals surface area contributed by atoms with Gasteiger partial charge in [0.15, 0.2) is 0 Å². The van der Waals surface area contributed by atoms with Gasteiger partial charge in [-0.1, -0.05) is 25.0 Å². The zero-order chi connectivity index (χ0) is 12.1. The first-order valence-electron chi connectivity index (χ1n) is 6.45. The highest BCUT2D eigenvalue weighted by Crippen LogP contribution is 2.25. The average Bonchev–Trinajstić information content (AvgIpc) is 2.82. The van der Waals surface area contributed by atoms with E-state index in [1.54, 1.807) is 0 Å². The van der Waals surface area contributed by atoms with Crippen LogP contribution in [0.15, 0.2) is 24.3 Å². The van der Waals surface area contributed by atoms with Crippen molar-refractivity contribution in [2.75, 3.05) is 13.6 Å². The molecule has 0 N–H and O–H groups in total. The van der Waals surface area contributed by atoms with Crippen molar-refractivity contribution in [2.45, 2.75) is 32.2 Å². The second-order valence-electron chi connectivity index (χ2n) is 5.16. The Kier molecular flexibility index (Phi) is 4.17. The molecule has 0 heterocycles. The Morgan fingerprint density at radius 3 is 2.82 bits per heavy atom. The molecule has 1 aromatic rings. The van der Waals surface area contributed by atoms with Gasteiger partial charge in [0, 0.05) is 13.1 Å². The molecule has 1 fully saturated rings. The zero-order valence-corrected chi connectivity index (χ0v) is 10.5. The van der Waals surface area contributed by atoms with Gasteiger partial charge in [-0.3, -0.25) is 0 Å². The van der Waals surface area contributed by atoms with Gasteiger partial charge in [-0.05, 0) is 43.5 Å². The summed E-state index contributed by atoms with van der Waals surface area (Å²) in [5, 5.41) is 8.86. The molecule has 0 aliphatic heterocycles. The van der Waals surface area contributed by atoms with Crippen molar-refractivity contribution < 1.29 is 0 Å². The second kappa shape index (κ2) is 5.84. The molecule has 90 valence electrons. The molecule has 1 saturated carbocycles. The fourth-order valence-corrected chi connectivity index (χ4v) is 2.75. The summed E-state index contributed by atoms with van der Waals surface area (Å²) in [6.07, 6.45) is 5.59. The third kappa shape index (κ3) is 3.57. The third-order valence-electron chi connectivity index (χ3n) is 3.55. The summed E-state index contributed by atoms with van der Waals surface area (Å²) >= 11 is 0. The molecule has 2 rings (SSSR count). The highest BCUT2D eigenvalue weighted by molar-refractivity contribution is 5.32. The molecule has 1 aliphatic rings. The monoisotopic (exact) mass is 228 g/mol. The van der Waals surface area contributed by atoms with Crippen LogP contribution in [0, 0.1) is 17.2 Å². The Morgan fingerprint density at radius 1 is 1.35 bits per heavy atom. The summed E-state index contributed by atoms with van der Waals surface area (Å²) < 4.78 is 0. The summed E-state index contributed by atoms with van der Waals surface area (Å²) in [4.78, 5) is 2.38. The minimum atomic E-state index is 0.761. The smallest absolute Gasteiger partial charge is 0.0991 e. The van der Waals surface area contributed by atoms with Gasteiger partial charge in [-0.25, -0.2) is 0 Å². The molecule has 2 heteroatoms. The maximum absolute atomic E-state index is 8.86. The normalized spacial score (nSPS) is 16.3. The SMILES string of the molecule is CN(Cc1cccc(C#N)c1)CC1CCCC1. The number of hydrogen-bond acceptors (Lipinski definition) is 2. The minimum Gasteiger partial charge on any atom is -0.302 e. The zero-order valence-electron chi connectivity index (χ0n) is 10.5. The average molecular weight is 228 g/mol. The largest absolute Gasteiger partial charge is 0.302 e. The van der Waals surface area contributed by atoms with Gasteiger partial charge < -0.3 is 4.90 Å². The molecule has 0 unspecified atom stereocenters. The Hall–Kier alpha value is -1.33. The second-order valence-corrected chi connectivity index (χ2v) is 5.16. The van der Waals surface area contributed by atoms with Crippen LogP contribution >= 0.6 is 0 Å². The van der Waals surface area contributed by atoms with Gasteiger partial charge in [0.25, 0.3) is 0 Å². The van der Waals surface area contributed by atoms with E-state index < -0.39 is 0 Å². The number of nitrogens with zero attached hydrogens (tertiary/aromatic N) is 2. The van der Waals surface area contributed by atoms with E-state index in [1.165, 1.54) is 37.8 Å². The molecule has 0 saturated heterocycles. The Labute approximate surface area is 104 Å². The lowest BCUT2D eigenvalue weighted by atomic mass is 10.1. The minimum absolute atomic E-state index is 0.761. The van der Waals surface area contributed by atoms with Crippen molar-refractivity contribution in [3.05, 3.63) is 35.4 Å². The van der Waals surface area contributed by atoms with Crippen LogP contribution < -0.4 is 0 Å². The van der Waals surface area contributed by atoms with Gasteiger partial charge in [-0.2, -0.15) is 5.26 Å². The molecular weight excluding hydrogens is 208 g/mol. The van der Waals surface area contributed by atoms with Crippen molar-refractivity contribution in [3.63, 3.8) is 0 Å². The first-order valence-corrected chi connectivity index (χ1v) is 6.45. The summed E-state index contributed by atoms with van der Waals surface area (Å²) in [6, 6.07) is 10.1. The van der Waals surface area contributed by atoms with Gasteiger partial charge in [0.2, 0.25) is 0 Å². The summed E-state index contributed by atoms with van der Waals surface area (Å²) in [6.45, 7) is 2.14. The molecule has 0 bridgehead atoms. The summed E-state index contributed by atoms with van der Waals surface area (Å²) in [7, 11) is 2.18.